The van der Waals surface area contributed by atoms with Gasteiger partial charge in [0.1, 0.15) is 0 Å². The summed E-state index contributed by atoms with van der Waals surface area (Å²) in [6.07, 6.45) is 0. The molecule has 0 aromatic carbocycles. The molecule has 0 bridgehead atoms. The minimum absolute atomic E-state index is 0.560. The van der Waals surface area contributed by atoms with Crippen molar-refractivity contribution < 1.29 is 19.4 Å². The van der Waals surface area contributed by atoms with Crippen molar-refractivity contribution in [3.05, 3.63) is 0 Å². The Bertz CT molecular complexity index is 203. The fourth-order valence-electron chi connectivity index (χ4n) is 0.326. The number of carbonyl (C=O) groups is 2. The number of carbonyl (C=O) groups excluding carboxylic acids is 2. The Kier molecular flexibility index (Phi) is 3.68. The smallest absolute Gasteiger partial charge is 0.247 e. The van der Waals surface area contributed by atoms with Gasteiger partial charge in [0, 0.05) is 0 Å². The Morgan fingerprint density at radius 1 is 0.714 bits per heavy atom. The van der Waals surface area contributed by atoms with Crippen LogP contribution in [0.3, 0.4) is 0 Å². The van der Waals surface area contributed by atoms with E-state index in [1.165, 1.54) is 0 Å². The molecule has 0 atom stereocenters. The van der Waals surface area contributed by atoms with Gasteiger partial charge in [0.2, 0.25) is 0 Å². The average molecular weight is 202 g/mol. The highest BCUT2D eigenvalue weighted by molar-refractivity contribution is 5.78. The lowest BCUT2D eigenvalue weighted by molar-refractivity contribution is -0.270. The van der Waals surface area contributed by atoms with Gasteiger partial charge in [-0.3, -0.25) is 0 Å². The predicted octanol–water partition coefficient (Wildman–Crippen LogP) is 2.08. The van der Waals surface area contributed by atoms with E-state index in [2.05, 4.69) is 9.78 Å². The van der Waals surface area contributed by atoms with Crippen LogP contribution in [-0.2, 0) is 19.4 Å². The van der Waals surface area contributed by atoms with Crippen LogP contribution in [0.2, 0.25) is 0 Å². The molecule has 0 unspecified atom stereocenters. The Hall–Kier alpha value is -1.06. The van der Waals surface area contributed by atoms with Crippen LogP contribution in [0.5, 0.6) is 0 Å². The summed E-state index contributed by atoms with van der Waals surface area (Å²) in [5.41, 5.74) is -1.34. The van der Waals surface area contributed by atoms with Crippen molar-refractivity contribution in [3.8, 4) is 0 Å². The van der Waals surface area contributed by atoms with Gasteiger partial charge in [0.25, 0.3) is 0 Å². The fourth-order valence-corrected chi connectivity index (χ4v) is 0.326. The minimum Gasteiger partial charge on any atom is -0.247 e. The zero-order valence-corrected chi connectivity index (χ0v) is 9.63. The van der Waals surface area contributed by atoms with E-state index in [0.29, 0.717) is 0 Å². The topological polar surface area (TPSA) is 52.6 Å². The van der Waals surface area contributed by atoms with Crippen molar-refractivity contribution in [1.29, 1.82) is 0 Å². The molecule has 0 aromatic heterocycles. The highest BCUT2D eigenvalue weighted by atomic mass is 17.2. The van der Waals surface area contributed by atoms with E-state index < -0.39 is 22.8 Å². The van der Waals surface area contributed by atoms with E-state index in [0.717, 1.165) is 0 Å². The molecule has 0 saturated heterocycles. The molecule has 0 saturated carbocycles. The third-order valence-corrected chi connectivity index (χ3v) is 1.42. The van der Waals surface area contributed by atoms with Crippen LogP contribution < -0.4 is 0 Å². The number of hydrogen-bond acceptors (Lipinski definition) is 4. The monoisotopic (exact) mass is 202 g/mol. The predicted molar refractivity (Wildman–Crippen MR) is 51.1 cm³/mol. The number of hydrogen-bond donors (Lipinski definition) is 0. The van der Waals surface area contributed by atoms with Crippen molar-refractivity contribution in [2.75, 3.05) is 0 Å². The van der Waals surface area contributed by atoms with Crippen LogP contribution in [0.25, 0.3) is 0 Å². The average Bonchev–Trinajstić information content (AvgIpc) is 1.95. The molecule has 14 heavy (non-hydrogen) atoms. The van der Waals surface area contributed by atoms with Crippen molar-refractivity contribution in [3.63, 3.8) is 0 Å². The highest BCUT2D eigenvalue weighted by Crippen LogP contribution is 2.18. The van der Waals surface area contributed by atoms with Gasteiger partial charge in [-0.25, -0.2) is 19.4 Å². The van der Waals surface area contributed by atoms with Crippen LogP contribution in [-0.4, -0.2) is 11.9 Å². The van der Waals surface area contributed by atoms with E-state index in [4.69, 9.17) is 0 Å². The lowest BCUT2D eigenvalue weighted by atomic mass is 9.97. The highest BCUT2D eigenvalue weighted by Gasteiger charge is 2.29. The van der Waals surface area contributed by atoms with Gasteiger partial charge < -0.3 is 0 Å². The second-order valence-corrected chi connectivity index (χ2v) is 5.24. The van der Waals surface area contributed by atoms with Crippen LogP contribution >= 0.6 is 0 Å². The molecule has 82 valence electrons. The van der Waals surface area contributed by atoms with E-state index in [1.54, 1.807) is 41.5 Å². The zero-order chi connectivity index (χ0) is 11.6. The standard InChI is InChI=1S/C10H18O4/c1-9(2,3)7(11)13-14-8(12)10(4,5)6/h1-6H3. The molecular weight excluding hydrogens is 184 g/mol. The Labute approximate surface area is 84.5 Å². The van der Waals surface area contributed by atoms with Crippen molar-refractivity contribution in [2.45, 2.75) is 41.5 Å². The first-order chi connectivity index (χ1) is 6.05. The molecule has 0 rings (SSSR count). The normalized spacial score (nSPS) is 12.1. The Morgan fingerprint density at radius 2 is 0.929 bits per heavy atom. The SMILES string of the molecule is CC(C)(C)C(=O)OOC(=O)C(C)(C)C. The van der Waals surface area contributed by atoms with E-state index in [-0.39, 0.29) is 0 Å². The summed E-state index contributed by atoms with van der Waals surface area (Å²) in [5.74, 6) is -1.12. The summed E-state index contributed by atoms with van der Waals surface area (Å²) in [6.45, 7) is 10.1. The number of rotatable bonds is 0. The molecule has 0 radical (unpaired) electrons. The maximum absolute atomic E-state index is 11.2. The van der Waals surface area contributed by atoms with Gasteiger partial charge in [0.15, 0.2) is 0 Å². The van der Waals surface area contributed by atoms with Crippen molar-refractivity contribution in [2.24, 2.45) is 10.8 Å². The van der Waals surface area contributed by atoms with Gasteiger partial charge in [-0.15, -0.1) is 0 Å². The first-order valence-electron chi connectivity index (χ1n) is 4.48. The first kappa shape index (κ1) is 12.9. The molecule has 4 nitrogen and oxygen atoms in total. The summed E-state index contributed by atoms with van der Waals surface area (Å²) in [6, 6.07) is 0. The second kappa shape index (κ2) is 3.98. The van der Waals surface area contributed by atoms with Crippen LogP contribution in [0, 0.1) is 10.8 Å². The van der Waals surface area contributed by atoms with Gasteiger partial charge in [-0.05, 0) is 41.5 Å². The van der Waals surface area contributed by atoms with Crippen molar-refractivity contribution >= 4 is 11.9 Å². The maximum Gasteiger partial charge on any atom is 0.360 e. The van der Waals surface area contributed by atoms with Gasteiger partial charge >= 0.3 is 11.9 Å². The third kappa shape index (κ3) is 4.25. The van der Waals surface area contributed by atoms with Crippen LogP contribution in [0.1, 0.15) is 41.5 Å². The van der Waals surface area contributed by atoms with Crippen molar-refractivity contribution in [1.82, 2.24) is 0 Å². The summed E-state index contributed by atoms with van der Waals surface area (Å²) in [4.78, 5) is 31.2. The first-order valence-corrected chi connectivity index (χ1v) is 4.48. The van der Waals surface area contributed by atoms with Crippen LogP contribution in [0.4, 0.5) is 0 Å². The molecule has 0 heterocycles. The summed E-state index contributed by atoms with van der Waals surface area (Å²) >= 11 is 0. The molecule has 0 aliphatic rings. The van der Waals surface area contributed by atoms with E-state index >= 15 is 0 Å². The minimum atomic E-state index is -0.668. The molecule has 0 spiro atoms. The zero-order valence-electron chi connectivity index (χ0n) is 9.63. The summed E-state index contributed by atoms with van der Waals surface area (Å²) in [5, 5.41) is 0. The van der Waals surface area contributed by atoms with E-state index in [1.807, 2.05) is 0 Å². The fraction of sp³-hybridized carbons (Fsp3) is 0.800. The molecule has 0 aliphatic heterocycles. The molecule has 0 amide bonds. The summed E-state index contributed by atoms with van der Waals surface area (Å²) in [7, 11) is 0. The second-order valence-electron chi connectivity index (χ2n) is 5.24. The van der Waals surface area contributed by atoms with Gasteiger partial charge in [-0.2, -0.15) is 0 Å². The Balaban J connectivity index is 4.10. The molecule has 0 fully saturated rings. The molecule has 4 heteroatoms. The largest absolute Gasteiger partial charge is 0.360 e. The lowest BCUT2D eigenvalue weighted by Gasteiger charge is -2.18. The van der Waals surface area contributed by atoms with Gasteiger partial charge in [0.05, 0.1) is 10.8 Å². The van der Waals surface area contributed by atoms with Gasteiger partial charge in [-0.1, -0.05) is 0 Å². The molecular formula is C10H18O4. The van der Waals surface area contributed by atoms with E-state index in [9.17, 15) is 9.59 Å². The Morgan fingerprint density at radius 3 is 1.07 bits per heavy atom. The molecule has 0 N–H and O–H groups in total. The van der Waals surface area contributed by atoms with Crippen LogP contribution in [0.15, 0.2) is 0 Å². The molecule has 0 aliphatic carbocycles. The third-order valence-electron chi connectivity index (χ3n) is 1.42. The lowest BCUT2D eigenvalue weighted by Crippen LogP contribution is -2.28. The summed E-state index contributed by atoms with van der Waals surface area (Å²) < 4.78 is 0. The maximum atomic E-state index is 11.2. The molecule has 0 aromatic rings. The quantitative estimate of drug-likeness (QED) is 0.446.